The number of rotatable bonds is 1. The maximum atomic E-state index is 10.4. The second-order valence-corrected chi connectivity index (χ2v) is 1.67. The van der Waals surface area contributed by atoms with Gasteiger partial charge in [0.05, 0.1) is 0 Å². The molecular formula is C5H6O5. The van der Waals surface area contributed by atoms with Crippen LogP contribution >= 0.6 is 0 Å². The average molecular weight is 146 g/mol. The summed E-state index contributed by atoms with van der Waals surface area (Å²) in [6.07, 6.45) is -0.745. The SMILES string of the molecule is COC1COC(=O)C(=O)O1. The molecule has 1 rings (SSSR count). The molecule has 0 aromatic rings. The van der Waals surface area contributed by atoms with Crippen molar-refractivity contribution >= 4 is 11.9 Å². The molecule has 1 saturated heterocycles. The Labute approximate surface area is 56.9 Å². The van der Waals surface area contributed by atoms with Gasteiger partial charge in [-0.3, -0.25) is 0 Å². The zero-order valence-corrected chi connectivity index (χ0v) is 5.33. The molecule has 1 atom stereocenters. The molecule has 1 fully saturated rings. The van der Waals surface area contributed by atoms with Crippen LogP contribution < -0.4 is 0 Å². The molecule has 1 aliphatic heterocycles. The van der Waals surface area contributed by atoms with Crippen LogP contribution in [0.5, 0.6) is 0 Å². The standard InChI is InChI=1S/C5H6O5/c1-8-3-2-9-4(6)5(7)10-3/h3H,2H2,1H3. The first kappa shape index (κ1) is 7.01. The van der Waals surface area contributed by atoms with Crippen LogP contribution in [0.3, 0.4) is 0 Å². The third-order valence-corrected chi connectivity index (χ3v) is 1.02. The third-order valence-electron chi connectivity index (χ3n) is 1.02. The van der Waals surface area contributed by atoms with Crippen molar-refractivity contribution in [1.29, 1.82) is 0 Å². The fourth-order valence-corrected chi connectivity index (χ4v) is 0.520. The zero-order chi connectivity index (χ0) is 7.56. The number of methoxy groups -OCH3 is 1. The van der Waals surface area contributed by atoms with Crippen LogP contribution in [0.1, 0.15) is 0 Å². The number of carbonyl (C=O) groups excluding carboxylic acids is 2. The first-order valence-corrected chi connectivity index (χ1v) is 2.64. The number of cyclic esters (lactones) is 2. The Morgan fingerprint density at radius 2 is 2.20 bits per heavy atom. The third kappa shape index (κ3) is 1.24. The Morgan fingerprint density at radius 3 is 2.70 bits per heavy atom. The molecule has 1 heterocycles. The van der Waals surface area contributed by atoms with Crippen molar-refractivity contribution < 1.29 is 23.8 Å². The highest BCUT2D eigenvalue weighted by molar-refractivity contribution is 6.30. The highest BCUT2D eigenvalue weighted by atomic mass is 16.7. The Hall–Kier alpha value is -1.10. The second kappa shape index (κ2) is 2.66. The van der Waals surface area contributed by atoms with E-state index in [2.05, 4.69) is 14.2 Å². The quantitative estimate of drug-likeness (QED) is 0.353. The molecule has 5 nitrogen and oxygen atoms in total. The Kier molecular flexibility index (Phi) is 1.86. The maximum absolute atomic E-state index is 10.4. The van der Waals surface area contributed by atoms with Gasteiger partial charge in [0.2, 0.25) is 6.29 Å². The summed E-state index contributed by atoms with van der Waals surface area (Å²) in [6, 6.07) is 0. The van der Waals surface area contributed by atoms with Crippen molar-refractivity contribution in [3.05, 3.63) is 0 Å². The minimum absolute atomic E-state index is 0.0267. The lowest BCUT2D eigenvalue weighted by Crippen LogP contribution is -2.37. The number of hydrogen-bond donors (Lipinski definition) is 0. The summed E-state index contributed by atoms with van der Waals surface area (Å²) < 4.78 is 13.4. The van der Waals surface area contributed by atoms with Gasteiger partial charge in [0.1, 0.15) is 0 Å². The lowest BCUT2D eigenvalue weighted by Gasteiger charge is -2.19. The number of carbonyl (C=O) groups is 2. The topological polar surface area (TPSA) is 61.8 Å². The smallest absolute Gasteiger partial charge is 0.419 e. The fourth-order valence-electron chi connectivity index (χ4n) is 0.520. The second-order valence-electron chi connectivity index (χ2n) is 1.67. The summed E-state index contributed by atoms with van der Waals surface area (Å²) >= 11 is 0. The minimum atomic E-state index is -1.00. The summed E-state index contributed by atoms with van der Waals surface area (Å²) in [5.74, 6) is -1.97. The lowest BCUT2D eigenvalue weighted by molar-refractivity contribution is -0.212. The molecule has 0 amide bonds. The molecular weight excluding hydrogens is 140 g/mol. The molecule has 0 bridgehead atoms. The Morgan fingerprint density at radius 1 is 1.50 bits per heavy atom. The number of ether oxygens (including phenoxy) is 3. The van der Waals surface area contributed by atoms with Gasteiger partial charge in [-0.25, -0.2) is 9.59 Å². The van der Waals surface area contributed by atoms with E-state index in [1.165, 1.54) is 7.11 Å². The molecule has 0 aliphatic carbocycles. The number of hydrogen-bond acceptors (Lipinski definition) is 5. The highest BCUT2D eigenvalue weighted by Crippen LogP contribution is 2.02. The van der Waals surface area contributed by atoms with Crippen molar-refractivity contribution in [2.24, 2.45) is 0 Å². The van der Waals surface area contributed by atoms with Crippen LogP contribution in [0.15, 0.2) is 0 Å². The normalized spacial score (nSPS) is 25.5. The molecule has 0 radical (unpaired) electrons. The van der Waals surface area contributed by atoms with Crippen LogP contribution in [-0.2, 0) is 23.8 Å². The van der Waals surface area contributed by atoms with Crippen LogP contribution in [0, 0.1) is 0 Å². The van der Waals surface area contributed by atoms with Crippen LogP contribution in [0.2, 0.25) is 0 Å². The summed E-state index contributed by atoms with van der Waals surface area (Å²) in [7, 11) is 1.36. The molecule has 0 aromatic carbocycles. The Bertz CT molecular complexity index is 163. The first-order valence-electron chi connectivity index (χ1n) is 2.64. The van der Waals surface area contributed by atoms with E-state index < -0.39 is 18.2 Å². The van der Waals surface area contributed by atoms with Gasteiger partial charge in [0.25, 0.3) is 0 Å². The van der Waals surface area contributed by atoms with Crippen molar-refractivity contribution in [3.63, 3.8) is 0 Å². The monoisotopic (exact) mass is 146 g/mol. The van der Waals surface area contributed by atoms with Crippen molar-refractivity contribution in [2.45, 2.75) is 6.29 Å². The summed E-state index contributed by atoms with van der Waals surface area (Å²) in [4.78, 5) is 20.7. The van der Waals surface area contributed by atoms with E-state index in [1.807, 2.05) is 0 Å². The van der Waals surface area contributed by atoms with Gasteiger partial charge in [0.15, 0.2) is 6.61 Å². The van der Waals surface area contributed by atoms with Crippen molar-refractivity contribution in [1.82, 2.24) is 0 Å². The van der Waals surface area contributed by atoms with E-state index in [1.54, 1.807) is 0 Å². The molecule has 1 aliphatic rings. The summed E-state index contributed by atoms with van der Waals surface area (Å²) in [5, 5.41) is 0. The van der Waals surface area contributed by atoms with E-state index in [4.69, 9.17) is 0 Å². The summed E-state index contributed by atoms with van der Waals surface area (Å²) in [6.45, 7) is -0.0267. The van der Waals surface area contributed by atoms with Crippen LogP contribution in [-0.4, -0.2) is 31.9 Å². The molecule has 0 spiro atoms. The van der Waals surface area contributed by atoms with E-state index in [0.717, 1.165) is 0 Å². The Balaban J connectivity index is 2.48. The molecule has 0 saturated carbocycles. The minimum Gasteiger partial charge on any atom is -0.451 e. The fraction of sp³-hybridized carbons (Fsp3) is 0.600. The molecule has 1 unspecified atom stereocenters. The molecule has 0 aromatic heterocycles. The lowest BCUT2D eigenvalue weighted by atomic mass is 10.5. The van der Waals surface area contributed by atoms with Gasteiger partial charge in [-0.05, 0) is 0 Å². The predicted molar refractivity (Wildman–Crippen MR) is 27.8 cm³/mol. The molecule has 5 heteroatoms. The van der Waals surface area contributed by atoms with Crippen LogP contribution in [0.25, 0.3) is 0 Å². The van der Waals surface area contributed by atoms with Gasteiger partial charge in [-0.1, -0.05) is 0 Å². The largest absolute Gasteiger partial charge is 0.451 e. The van der Waals surface area contributed by atoms with E-state index >= 15 is 0 Å². The van der Waals surface area contributed by atoms with Crippen molar-refractivity contribution in [3.8, 4) is 0 Å². The van der Waals surface area contributed by atoms with Gasteiger partial charge >= 0.3 is 11.9 Å². The first-order chi connectivity index (χ1) is 4.74. The molecule has 10 heavy (non-hydrogen) atoms. The summed E-state index contributed by atoms with van der Waals surface area (Å²) in [5.41, 5.74) is 0. The average Bonchev–Trinajstić information content (AvgIpc) is 1.95. The van der Waals surface area contributed by atoms with E-state index in [9.17, 15) is 9.59 Å². The molecule has 0 N–H and O–H groups in total. The maximum Gasteiger partial charge on any atom is 0.419 e. The zero-order valence-electron chi connectivity index (χ0n) is 5.33. The predicted octanol–water partition coefficient (Wildman–Crippen LogP) is -0.941. The van der Waals surface area contributed by atoms with Gasteiger partial charge < -0.3 is 14.2 Å². The van der Waals surface area contributed by atoms with E-state index in [-0.39, 0.29) is 6.61 Å². The van der Waals surface area contributed by atoms with Crippen LogP contribution in [0.4, 0.5) is 0 Å². The van der Waals surface area contributed by atoms with Crippen molar-refractivity contribution in [2.75, 3.05) is 13.7 Å². The highest BCUT2D eigenvalue weighted by Gasteiger charge is 2.29. The van der Waals surface area contributed by atoms with E-state index in [0.29, 0.717) is 0 Å². The van der Waals surface area contributed by atoms with Gasteiger partial charge in [0, 0.05) is 7.11 Å². The number of esters is 2. The van der Waals surface area contributed by atoms with Gasteiger partial charge in [-0.15, -0.1) is 0 Å². The van der Waals surface area contributed by atoms with Gasteiger partial charge in [-0.2, -0.15) is 0 Å². The molecule has 56 valence electrons.